The van der Waals surface area contributed by atoms with Gasteiger partial charge in [0.1, 0.15) is 5.69 Å². The summed E-state index contributed by atoms with van der Waals surface area (Å²) in [4.78, 5) is 8.41. The van der Waals surface area contributed by atoms with Gasteiger partial charge in [0, 0.05) is 31.0 Å². The molecule has 4 rings (SSSR count). The molecule has 0 saturated carbocycles. The molecule has 132 valence electrons. The first kappa shape index (κ1) is 16.3. The van der Waals surface area contributed by atoms with E-state index in [0.717, 1.165) is 35.1 Å². The summed E-state index contributed by atoms with van der Waals surface area (Å²) < 4.78 is 17.7. The van der Waals surface area contributed by atoms with Crippen LogP contribution in [0, 0.1) is 5.82 Å². The molecule has 0 N–H and O–H groups in total. The molecule has 4 aromatic heterocycles. The predicted octanol–water partition coefficient (Wildman–Crippen LogP) is 2.76. The third-order valence-electron chi connectivity index (χ3n) is 4.35. The Hall–Kier alpha value is -3.16. The zero-order valence-corrected chi connectivity index (χ0v) is 14.6. The molecule has 8 heteroatoms. The SMILES string of the molecule is CCCc1c(Cn2ccnc2-c2ncccc2F)nnc2c1cnn2C. The number of hydrogen-bond donors (Lipinski definition) is 0. The van der Waals surface area contributed by atoms with Gasteiger partial charge in [-0.3, -0.25) is 0 Å². The molecule has 0 aliphatic rings. The Labute approximate surface area is 149 Å². The van der Waals surface area contributed by atoms with Gasteiger partial charge in [-0.25, -0.2) is 19.0 Å². The van der Waals surface area contributed by atoms with Crippen LogP contribution in [0.15, 0.2) is 36.9 Å². The second-order valence-electron chi connectivity index (χ2n) is 6.09. The molecule has 0 fully saturated rings. The Morgan fingerprint density at radius 3 is 2.85 bits per heavy atom. The van der Waals surface area contributed by atoms with E-state index in [1.165, 1.54) is 6.07 Å². The van der Waals surface area contributed by atoms with E-state index >= 15 is 0 Å². The molecule has 7 nitrogen and oxygen atoms in total. The van der Waals surface area contributed by atoms with Crippen LogP contribution in [-0.2, 0) is 20.0 Å². The number of rotatable bonds is 5. The maximum atomic E-state index is 14.1. The first-order valence-electron chi connectivity index (χ1n) is 8.47. The molecular weight excluding hydrogens is 333 g/mol. The van der Waals surface area contributed by atoms with Crippen molar-refractivity contribution in [3.8, 4) is 11.5 Å². The molecule has 0 unspecified atom stereocenters. The molecule has 4 aromatic rings. The highest BCUT2D eigenvalue weighted by atomic mass is 19.1. The highest BCUT2D eigenvalue weighted by molar-refractivity contribution is 5.78. The quantitative estimate of drug-likeness (QED) is 0.553. The Morgan fingerprint density at radius 1 is 1.15 bits per heavy atom. The molecule has 0 spiro atoms. The second kappa shape index (κ2) is 6.62. The zero-order chi connectivity index (χ0) is 18.1. The average Bonchev–Trinajstić information content (AvgIpc) is 3.25. The lowest BCUT2D eigenvalue weighted by Crippen LogP contribution is -2.09. The lowest BCUT2D eigenvalue weighted by Gasteiger charge is -2.11. The van der Waals surface area contributed by atoms with Crippen molar-refractivity contribution >= 4 is 11.0 Å². The van der Waals surface area contributed by atoms with E-state index in [9.17, 15) is 4.39 Å². The van der Waals surface area contributed by atoms with Gasteiger partial charge in [0.25, 0.3) is 0 Å². The maximum absolute atomic E-state index is 14.1. The molecule has 0 saturated heterocycles. The van der Waals surface area contributed by atoms with Crippen molar-refractivity contribution in [2.45, 2.75) is 26.3 Å². The summed E-state index contributed by atoms with van der Waals surface area (Å²) in [5, 5.41) is 14.0. The number of imidazole rings is 1. The van der Waals surface area contributed by atoms with E-state index in [1.54, 1.807) is 29.3 Å². The topological polar surface area (TPSA) is 74.3 Å². The van der Waals surface area contributed by atoms with E-state index < -0.39 is 5.82 Å². The first-order valence-corrected chi connectivity index (χ1v) is 8.47. The van der Waals surface area contributed by atoms with Crippen LogP contribution in [0.4, 0.5) is 4.39 Å². The second-order valence-corrected chi connectivity index (χ2v) is 6.09. The van der Waals surface area contributed by atoms with Crippen molar-refractivity contribution in [2.75, 3.05) is 0 Å². The molecule has 0 amide bonds. The average molecular weight is 351 g/mol. The molecule has 26 heavy (non-hydrogen) atoms. The summed E-state index contributed by atoms with van der Waals surface area (Å²) in [5.41, 5.74) is 2.94. The van der Waals surface area contributed by atoms with Gasteiger partial charge in [-0.05, 0) is 24.1 Å². The number of halogens is 1. The van der Waals surface area contributed by atoms with Crippen LogP contribution in [0.25, 0.3) is 22.6 Å². The lowest BCUT2D eigenvalue weighted by atomic mass is 10.1. The van der Waals surface area contributed by atoms with Gasteiger partial charge in [-0.2, -0.15) is 10.2 Å². The van der Waals surface area contributed by atoms with Gasteiger partial charge in [-0.15, -0.1) is 5.10 Å². The summed E-state index contributed by atoms with van der Waals surface area (Å²) in [6.07, 6.45) is 8.67. The third-order valence-corrected chi connectivity index (χ3v) is 4.35. The van der Waals surface area contributed by atoms with E-state index in [0.29, 0.717) is 12.4 Å². The number of pyridine rings is 1. The van der Waals surface area contributed by atoms with E-state index in [1.807, 2.05) is 17.8 Å². The van der Waals surface area contributed by atoms with Crippen LogP contribution >= 0.6 is 0 Å². The van der Waals surface area contributed by atoms with Crippen LogP contribution in [0.1, 0.15) is 24.6 Å². The van der Waals surface area contributed by atoms with Crippen LogP contribution < -0.4 is 0 Å². The van der Waals surface area contributed by atoms with Gasteiger partial charge in [0.2, 0.25) is 0 Å². The Kier molecular flexibility index (Phi) is 4.16. The molecule has 0 atom stereocenters. The fraction of sp³-hybridized carbons (Fsp3) is 0.278. The minimum absolute atomic E-state index is 0.227. The Morgan fingerprint density at radius 2 is 2.04 bits per heavy atom. The van der Waals surface area contributed by atoms with Gasteiger partial charge in [0.15, 0.2) is 17.3 Å². The van der Waals surface area contributed by atoms with Crippen LogP contribution in [0.3, 0.4) is 0 Å². The number of aromatic nitrogens is 7. The summed E-state index contributed by atoms with van der Waals surface area (Å²) >= 11 is 0. The molecular formula is C18H18FN7. The van der Waals surface area contributed by atoms with Gasteiger partial charge >= 0.3 is 0 Å². The van der Waals surface area contributed by atoms with Crippen LogP contribution in [0.2, 0.25) is 0 Å². The Balaban J connectivity index is 1.78. The minimum Gasteiger partial charge on any atom is -0.324 e. The number of aryl methyl sites for hydroxylation is 2. The van der Waals surface area contributed by atoms with Crippen molar-refractivity contribution in [2.24, 2.45) is 7.05 Å². The fourth-order valence-corrected chi connectivity index (χ4v) is 3.11. The zero-order valence-electron chi connectivity index (χ0n) is 14.6. The predicted molar refractivity (Wildman–Crippen MR) is 94.8 cm³/mol. The molecule has 0 bridgehead atoms. The van der Waals surface area contributed by atoms with Crippen molar-refractivity contribution in [3.05, 3.63) is 54.0 Å². The van der Waals surface area contributed by atoms with Gasteiger partial charge in [0.05, 0.1) is 18.4 Å². The Bertz CT molecular complexity index is 1070. The fourth-order valence-electron chi connectivity index (χ4n) is 3.11. The van der Waals surface area contributed by atoms with E-state index in [-0.39, 0.29) is 5.69 Å². The van der Waals surface area contributed by atoms with Gasteiger partial charge in [-0.1, -0.05) is 13.3 Å². The standard InChI is InChI=1S/C18H18FN7/c1-3-5-12-13-10-22-25(2)17(13)24-23-15(12)11-26-9-8-21-18(26)16-14(19)6-4-7-20-16/h4,6-10H,3,5,11H2,1-2H3. The molecule has 0 aromatic carbocycles. The largest absolute Gasteiger partial charge is 0.324 e. The van der Waals surface area contributed by atoms with Crippen molar-refractivity contribution in [3.63, 3.8) is 0 Å². The molecule has 4 heterocycles. The normalized spacial score (nSPS) is 11.3. The van der Waals surface area contributed by atoms with Crippen LogP contribution in [0.5, 0.6) is 0 Å². The molecule has 0 aliphatic heterocycles. The smallest absolute Gasteiger partial charge is 0.180 e. The minimum atomic E-state index is -0.400. The van der Waals surface area contributed by atoms with E-state index in [4.69, 9.17) is 0 Å². The molecule has 0 aliphatic carbocycles. The van der Waals surface area contributed by atoms with Gasteiger partial charge < -0.3 is 4.57 Å². The summed E-state index contributed by atoms with van der Waals surface area (Å²) in [6.45, 7) is 2.57. The third kappa shape index (κ3) is 2.73. The monoisotopic (exact) mass is 351 g/mol. The van der Waals surface area contributed by atoms with E-state index in [2.05, 4.69) is 32.2 Å². The van der Waals surface area contributed by atoms with Crippen molar-refractivity contribution in [1.29, 1.82) is 0 Å². The number of fused-ring (bicyclic) bond motifs is 1. The van der Waals surface area contributed by atoms with Crippen molar-refractivity contribution in [1.82, 2.24) is 34.5 Å². The van der Waals surface area contributed by atoms with Crippen molar-refractivity contribution < 1.29 is 4.39 Å². The lowest BCUT2D eigenvalue weighted by molar-refractivity contribution is 0.621. The highest BCUT2D eigenvalue weighted by Gasteiger charge is 2.17. The molecule has 0 radical (unpaired) electrons. The summed E-state index contributed by atoms with van der Waals surface area (Å²) in [5.74, 6) is 0.0705. The highest BCUT2D eigenvalue weighted by Crippen LogP contribution is 2.23. The summed E-state index contributed by atoms with van der Waals surface area (Å²) in [6, 6.07) is 2.94. The summed E-state index contributed by atoms with van der Waals surface area (Å²) in [7, 11) is 1.85. The number of hydrogen-bond acceptors (Lipinski definition) is 5. The van der Waals surface area contributed by atoms with Crippen LogP contribution in [-0.4, -0.2) is 34.5 Å². The first-order chi connectivity index (χ1) is 12.7. The maximum Gasteiger partial charge on any atom is 0.180 e. The number of nitrogens with zero attached hydrogens (tertiary/aromatic N) is 7.